The summed E-state index contributed by atoms with van der Waals surface area (Å²) in [6, 6.07) is 46.1. The van der Waals surface area contributed by atoms with Gasteiger partial charge in [-0.1, -0.05) is 78.9 Å². The second-order valence-corrected chi connectivity index (χ2v) is 10.1. The van der Waals surface area contributed by atoms with Crippen molar-refractivity contribution in [1.82, 2.24) is 9.55 Å². The predicted molar refractivity (Wildman–Crippen MR) is 169 cm³/mol. The smallest absolute Gasteiger partial charge is 0.144 e. The number of ether oxygens (including phenoxy) is 1. The molecule has 0 saturated carbocycles. The molecule has 3 heterocycles. The lowest BCUT2D eigenvalue weighted by atomic mass is 10.1. The van der Waals surface area contributed by atoms with E-state index in [-0.39, 0.29) is 0 Å². The molecule has 1 aliphatic heterocycles. The molecule has 4 nitrogen and oxygen atoms in total. The minimum Gasteiger partial charge on any atom is -0.457 e. The summed E-state index contributed by atoms with van der Waals surface area (Å²) in [6.45, 7) is 0. The highest BCUT2D eigenvalue weighted by molar-refractivity contribution is 6.10. The number of hydrogen-bond acceptors (Lipinski definition) is 3. The molecule has 0 atom stereocenters. The Hall–Kier alpha value is -5.61. The van der Waals surface area contributed by atoms with Crippen LogP contribution in [0.4, 0.5) is 17.2 Å². The first-order valence-corrected chi connectivity index (χ1v) is 13.7. The summed E-state index contributed by atoms with van der Waals surface area (Å²) >= 11 is 0. The first kappa shape index (κ1) is 23.3. The van der Waals surface area contributed by atoms with Gasteiger partial charge in [0.15, 0.2) is 0 Å². The van der Waals surface area contributed by atoms with E-state index in [0.717, 1.165) is 56.5 Å². The Morgan fingerprint density at radius 1 is 0.512 bits per heavy atom. The van der Waals surface area contributed by atoms with E-state index >= 15 is 0 Å². The van der Waals surface area contributed by atoms with Gasteiger partial charge in [-0.3, -0.25) is 4.90 Å². The van der Waals surface area contributed by atoms with E-state index in [1.807, 2.05) is 48.7 Å². The van der Waals surface area contributed by atoms with Gasteiger partial charge in [-0.2, -0.15) is 0 Å². The van der Waals surface area contributed by atoms with Gasteiger partial charge in [0, 0.05) is 40.0 Å². The van der Waals surface area contributed by atoms with E-state index in [0.29, 0.717) is 0 Å². The van der Waals surface area contributed by atoms with Gasteiger partial charge in [0.2, 0.25) is 0 Å². The standard InChI is InChI=1S/C37H25N3O/c1-2-13-30(14-3-1)41-31-15-8-12-28(24-31)39-35-18-7-5-16-32(35)33-22-21-29(25-36(33)39)40-34-17-6-4-10-26(34)19-20-27-11-9-23-38-37(27)40/h1-25H. The summed E-state index contributed by atoms with van der Waals surface area (Å²) in [5.41, 5.74) is 7.68. The van der Waals surface area contributed by atoms with Crippen LogP contribution in [0.3, 0.4) is 0 Å². The number of nitrogens with zero attached hydrogens (tertiary/aromatic N) is 3. The molecule has 0 N–H and O–H groups in total. The first-order chi connectivity index (χ1) is 20.3. The minimum absolute atomic E-state index is 0.793. The van der Waals surface area contributed by atoms with Gasteiger partial charge >= 0.3 is 0 Å². The van der Waals surface area contributed by atoms with Crippen LogP contribution in [0.15, 0.2) is 140 Å². The van der Waals surface area contributed by atoms with Crippen LogP contribution in [0.5, 0.6) is 11.5 Å². The molecule has 4 heteroatoms. The van der Waals surface area contributed by atoms with Gasteiger partial charge in [-0.05, 0) is 66.2 Å². The summed E-state index contributed by atoms with van der Waals surface area (Å²) in [6.07, 6.45) is 6.18. The third-order valence-electron chi connectivity index (χ3n) is 7.62. The highest BCUT2D eigenvalue weighted by atomic mass is 16.5. The van der Waals surface area contributed by atoms with Crippen molar-refractivity contribution < 1.29 is 4.74 Å². The van der Waals surface area contributed by atoms with Gasteiger partial charge in [0.25, 0.3) is 0 Å². The molecule has 2 aromatic heterocycles. The van der Waals surface area contributed by atoms with Gasteiger partial charge in [-0.15, -0.1) is 0 Å². The summed E-state index contributed by atoms with van der Waals surface area (Å²) in [7, 11) is 0. The van der Waals surface area contributed by atoms with Gasteiger partial charge in [0.1, 0.15) is 17.3 Å². The average molecular weight is 528 g/mol. The Labute approximate surface area is 238 Å². The summed E-state index contributed by atoms with van der Waals surface area (Å²) in [5.74, 6) is 2.52. The molecule has 194 valence electrons. The van der Waals surface area contributed by atoms with Crippen LogP contribution in [-0.4, -0.2) is 9.55 Å². The summed E-state index contributed by atoms with van der Waals surface area (Å²) in [5, 5.41) is 2.40. The molecule has 0 bridgehead atoms. The zero-order chi connectivity index (χ0) is 27.2. The molecule has 7 aromatic rings. The number of benzene rings is 5. The second kappa shape index (κ2) is 9.54. The topological polar surface area (TPSA) is 30.3 Å². The maximum Gasteiger partial charge on any atom is 0.144 e. The van der Waals surface area contributed by atoms with E-state index in [4.69, 9.17) is 9.72 Å². The van der Waals surface area contributed by atoms with E-state index < -0.39 is 0 Å². The van der Waals surface area contributed by atoms with Crippen molar-refractivity contribution in [2.75, 3.05) is 4.90 Å². The van der Waals surface area contributed by atoms with Crippen molar-refractivity contribution in [2.45, 2.75) is 0 Å². The van der Waals surface area contributed by atoms with Crippen LogP contribution in [0.1, 0.15) is 11.1 Å². The minimum atomic E-state index is 0.793. The lowest BCUT2D eigenvalue weighted by molar-refractivity contribution is 0.482. The third-order valence-corrected chi connectivity index (χ3v) is 7.62. The van der Waals surface area contributed by atoms with E-state index in [9.17, 15) is 0 Å². The van der Waals surface area contributed by atoms with Crippen molar-refractivity contribution in [3.05, 3.63) is 151 Å². The molecule has 5 aromatic carbocycles. The van der Waals surface area contributed by atoms with Crippen LogP contribution in [0.25, 0.3) is 39.6 Å². The molecule has 0 spiro atoms. The Balaban J connectivity index is 1.35. The van der Waals surface area contributed by atoms with E-state index in [1.54, 1.807) is 0 Å². The Kier molecular flexibility index (Phi) is 5.42. The largest absolute Gasteiger partial charge is 0.457 e. The molecule has 0 unspecified atom stereocenters. The van der Waals surface area contributed by atoms with Crippen LogP contribution >= 0.6 is 0 Å². The zero-order valence-corrected chi connectivity index (χ0v) is 22.2. The Bertz CT molecular complexity index is 2040. The van der Waals surface area contributed by atoms with E-state index in [1.165, 1.54) is 10.8 Å². The molecule has 0 amide bonds. The Morgan fingerprint density at radius 3 is 2.22 bits per heavy atom. The maximum atomic E-state index is 6.22. The van der Waals surface area contributed by atoms with Crippen LogP contribution in [0, 0.1) is 0 Å². The molecular formula is C37H25N3O. The molecule has 41 heavy (non-hydrogen) atoms. The number of aromatic nitrogens is 2. The normalized spacial score (nSPS) is 12.2. The fraction of sp³-hybridized carbons (Fsp3) is 0. The highest BCUT2D eigenvalue weighted by Crippen LogP contribution is 2.43. The fourth-order valence-corrected chi connectivity index (χ4v) is 5.80. The monoisotopic (exact) mass is 527 g/mol. The molecular weight excluding hydrogens is 502 g/mol. The van der Waals surface area contributed by atoms with Gasteiger partial charge in [0.05, 0.1) is 16.7 Å². The Morgan fingerprint density at radius 2 is 1.27 bits per heavy atom. The average Bonchev–Trinajstić information content (AvgIpc) is 3.25. The zero-order valence-electron chi connectivity index (χ0n) is 22.2. The summed E-state index contributed by atoms with van der Waals surface area (Å²) < 4.78 is 8.54. The first-order valence-electron chi connectivity index (χ1n) is 13.7. The summed E-state index contributed by atoms with van der Waals surface area (Å²) in [4.78, 5) is 7.11. The van der Waals surface area contributed by atoms with Crippen molar-refractivity contribution in [3.63, 3.8) is 0 Å². The predicted octanol–water partition coefficient (Wildman–Crippen LogP) is 9.92. The quantitative estimate of drug-likeness (QED) is 0.228. The van der Waals surface area contributed by atoms with Gasteiger partial charge < -0.3 is 9.30 Å². The number of hydrogen-bond donors (Lipinski definition) is 0. The molecule has 8 rings (SSSR count). The van der Waals surface area contributed by atoms with E-state index in [2.05, 4.69) is 113 Å². The fourth-order valence-electron chi connectivity index (χ4n) is 5.80. The highest BCUT2D eigenvalue weighted by Gasteiger charge is 2.22. The number of pyridine rings is 1. The van der Waals surface area contributed by atoms with Crippen LogP contribution in [0.2, 0.25) is 0 Å². The molecule has 0 fully saturated rings. The SMILES string of the molecule is C1=Cc2cccnc2N(c2ccc3c4ccccc4n(-c4cccc(Oc5ccccc5)c4)c3c2)c2ccccc21. The molecule has 0 aliphatic carbocycles. The van der Waals surface area contributed by atoms with Gasteiger partial charge in [-0.25, -0.2) is 4.98 Å². The van der Waals surface area contributed by atoms with Crippen molar-refractivity contribution >= 4 is 51.2 Å². The molecule has 1 aliphatic rings. The van der Waals surface area contributed by atoms with Crippen molar-refractivity contribution in [1.29, 1.82) is 0 Å². The lowest BCUT2D eigenvalue weighted by Crippen LogP contribution is -2.13. The van der Waals surface area contributed by atoms with Crippen LogP contribution in [-0.2, 0) is 0 Å². The number of anilines is 3. The lowest BCUT2D eigenvalue weighted by Gasteiger charge is -2.26. The molecule has 0 saturated heterocycles. The number of para-hydroxylation sites is 3. The van der Waals surface area contributed by atoms with Crippen molar-refractivity contribution in [3.8, 4) is 17.2 Å². The number of fused-ring (bicyclic) bond motifs is 5. The maximum absolute atomic E-state index is 6.22. The van der Waals surface area contributed by atoms with Crippen molar-refractivity contribution in [2.24, 2.45) is 0 Å². The third kappa shape index (κ3) is 3.97. The second-order valence-electron chi connectivity index (χ2n) is 10.1. The molecule has 0 radical (unpaired) electrons. The number of rotatable bonds is 4. The van der Waals surface area contributed by atoms with Crippen LogP contribution < -0.4 is 9.64 Å².